The molecule has 0 aromatic carbocycles. The summed E-state index contributed by atoms with van der Waals surface area (Å²) in [4.78, 5) is 4.10. The van der Waals surface area contributed by atoms with Crippen molar-refractivity contribution in [2.24, 2.45) is 5.73 Å². The molecule has 4 nitrogen and oxygen atoms in total. The third-order valence-electron chi connectivity index (χ3n) is 2.45. The summed E-state index contributed by atoms with van der Waals surface area (Å²) in [5.74, 6) is 0. The maximum absolute atomic E-state index is 6.03. The van der Waals surface area contributed by atoms with E-state index >= 15 is 0 Å². The van der Waals surface area contributed by atoms with Crippen molar-refractivity contribution in [3.8, 4) is 0 Å². The fourth-order valence-corrected chi connectivity index (χ4v) is 2.16. The van der Waals surface area contributed by atoms with Crippen LogP contribution < -0.4 is 5.73 Å². The topological polar surface area (TPSA) is 57.4 Å². The van der Waals surface area contributed by atoms with Gasteiger partial charge in [0, 0.05) is 29.3 Å². The molecule has 1 atom stereocenters. The van der Waals surface area contributed by atoms with E-state index in [-0.39, 0.29) is 12.3 Å². The van der Waals surface area contributed by atoms with Crippen LogP contribution in [0.5, 0.6) is 0 Å². The van der Waals surface area contributed by atoms with Gasteiger partial charge in [-0.2, -0.15) is 0 Å². The van der Waals surface area contributed by atoms with E-state index in [2.05, 4.69) is 20.9 Å². The largest absolute Gasteiger partial charge is 0.350 e. The van der Waals surface area contributed by atoms with Gasteiger partial charge in [0.05, 0.1) is 13.2 Å². The molecule has 0 saturated carbocycles. The number of aromatic nitrogens is 1. The van der Waals surface area contributed by atoms with Crippen LogP contribution in [-0.4, -0.2) is 30.5 Å². The molecule has 1 aliphatic heterocycles. The van der Waals surface area contributed by atoms with Gasteiger partial charge in [0.2, 0.25) is 0 Å². The van der Waals surface area contributed by atoms with Gasteiger partial charge in [-0.3, -0.25) is 4.98 Å². The average molecular weight is 287 g/mol. The van der Waals surface area contributed by atoms with Gasteiger partial charge < -0.3 is 15.2 Å². The molecular formula is C11H15BrN2O2. The first-order valence-corrected chi connectivity index (χ1v) is 6.11. The lowest BCUT2D eigenvalue weighted by molar-refractivity contribution is -0.0504. The summed E-state index contributed by atoms with van der Waals surface area (Å²) < 4.78 is 11.7. The summed E-state index contributed by atoms with van der Waals surface area (Å²) in [6.45, 7) is 1.35. The van der Waals surface area contributed by atoms with Gasteiger partial charge in [0.1, 0.15) is 0 Å². The molecule has 0 aliphatic carbocycles. The minimum absolute atomic E-state index is 0.0409. The molecule has 2 rings (SSSR count). The zero-order valence-electron chi connectivity index (χ0n) is 8.93. The molecular weight excluding hydrogens is 272 g/mol. The lowest BCUT2D eigenvalue weighted by atomic mass is 10.1. The quantitative estimate of drug-likeness (QED) is 0.911. The monoisotopic (exact) mass is 286 g/mol. The molecule has 1 fully saturated rings. The molecule has 88 valence electrons. The molecule has 0 radical (unpaired) electrons. The molecule has 1 unspecified atom stereocenters. The van der Waals surface area contributed by atoms with E-state index in [4.69, 9.17) is 15.2 Å². The second-order valence-corrected chi connectivity index (χ2v) is 4.80. The van der Waals surface area contributed by atoms with Crippen LogP contribution in [0, 0.1) is 0 Å². The van der Waals surface area contributed by atoms with Crippen molar-refractivity contribution in [3.63, 3.8) is 0 Å². The number of halogens is 1. The SMILES string of the molecule is NC(Cc1cncc(Br)c1)CC1OCCO1. The van der Waals surface area contributed by atoms with Gasteiger partial charge in [0.25, 0.3) is 0 Å². The Morgan fingerprint density at radius 1 is 1.44 bits per heavy atom. The van der Waals surface area contributed by atoms with Crippen LogP contribution in [0.2, 0.25) is 0 Å². The van der Waals surface area contributed by atoms with E-state index in [0.29, 0.717) is 13.2 Å². The number of nitrogens with zero attached hydrogens (tertiary/aromatic N) is 1. The van der Waals surface area contributed by atoms with Crippen molar-refractivity contribution in [2.75, 3.05) is 13.2 Å². The Labute approximate surface area is 103 Å². The Balaban J connectivity index is 1.84. The molecule has 5 heteroatoms. The summed E-state index contributed by atoms with van der Waals surface area (Å²) in [6, 6.07) is 2.07. The van der Waals surface area contributed by atoms with E-state index in [9.17, 15) is 0 Å². The molecule has 0 bridgehead atoms. The Morgan fingerprint density at radius 3 is 2.88 bits per heavy atom. The van der Waals surface area contributed by atoms with Crippen molar-refractivity contribution in [1.29, 1.82) is 0 Å². The highest BCUT2D eigenvalue weighted by Gasteiger charge is 2.19. The number of pyridine rings is 1. The van der Waals surface area contributed by atoms with Gasteiger partial charge in [-0.15, -0.1) is 0 Å². The summed E-state index contributed by atoms with van der Waals surface area (Å²) in [6.07, 6.45) is 4.98. The lowest BCUT2D eigenvalue weighted by Crippen LogP contribution is -2.28. The summed E-state index contributed by atoms with van der Waals surface area (Å²) in [5.41, 5.74) is 7.16. The Hall–Kier alpha value is -0.490. The number of nitrogens with two attached hydrogens (primary N) is 1. The summed E-state index contributed by atoms with van der Waals surface area (Å²) >= 11 is 3.39. The molecule has 16 heavy (non-hydrogen) atoms. The summed E-state index contributed by atoms with van der Waals surface area (Å²) in [5, 5.41) is 0. The van der Waals surface area contributed by atoms with Crippen LogP contribution in [0.4, 0.5) is 0 Å². The Morgan fingerprint density at radius 2 is 2.19 bits per heavy atom. The first kappa shape index (κ1) is 12.0. The standard InChI is InChI=1S/C11H15BrN2O2/c12-9-3-8(6-14-7-9)4-10(13)5-11-15-1-2-16-11/h3,6-7,10-11H,1-2,4-5,13H2. The maximum atomic E-state index is 6.03. The Bertz CT molecular complexity index is 343. The molecule has 1 saturated heterocycles. The van der Waals surface area contributed by atoms with Gasteiger partial charge in [-0.25, -0.2) is 0 Å². The van der Waals surface area contributed by atoms with Gasteiger partial charge in [-0.05, 0) is 34.0 Å². The van der Waals surface area contributed by atoms with Gasteiger partial charge in [0.15, 0.2) is 6.29 Å². The number of rotatable bonds is 4. The minimum Gasteiger partial charge on any atom is -0.350 e. The molecule has 1 aliphatic rings. The first-order valence-electron chi connectivity index (χ1n) is 5.32. The molecule has 2 heterocycles. The van der Waals surface area contributed by atoms with E-state index in [1.54, 1.807) is 6.20 Å². The van der Waals surface area contributed by atoms with Crippen molar-refractivity contribution >= 4 is 15.9 Å². The highest BCUT2D eigenvalue weighted by Crippen LogP contribution is 2.14. The average Bonchev–Trinajstić information content (AvgIpc) is 2.70. The smallest absolute Gasteiger partial charge is 0.159 e. The zero-order valence-corrected chi connectivity index (χ0v) is 10.5. The highest BCUT2D eigenvalue weighted by atomic mass is 79.9. The van der Waals surface area contributed by atoms with Crippen LogP contribution in [0.1, 0.15) is 12.0 Å². The molecule has 0 amide bonds. The van der Waals surface area contributed by atoms with Crippen molar-refractivity contribution in [3.05, 3.63) is 28.5 Å². The normalized spacial score (nSPS) is 18.9. The van der Waals surface area contributed by atoms with Crippen LogP contribution in [0.15, 0.2) is 22.9 Å². The summed E-state index contributed by atoms with van der Waals surface area (Å²) in [7, 11) is 0. The van der Waals surface area contributed by atoms with E-state index < -0.39 is 0 Å². The maximum Gasteiger partial charge on any atom is 0.159 e. The third kappa shape index (κ3) is 3.52. The fraction of sp³-hybridized carbons (Fsp3) is 0.545. The van der Waals surface area contributed by atoms with Crippen LogP contribution >= 0.6 is 15.9 Å². The zero-order chi connectivity index (χ0) is 11.4. The van der Waals surface area contributed by atoms with Crippen LogP contribution in [0.3, 0.4) is 0 Å². The Kier molecular flexibility index (Phi) is 4.29. The number of hydrogen-bond donors (Lipinski definition) is 1. The third-order valence-corrected chi connectivity index (χ3v) is 2.88. The first-order chi connectivity index (χ1) is 7.74. The van der Waals surface area contributed by atoms with Crippen molar-refractivity contribution < 1.29 is 9.47 Å². The molecule has 1 aromatic heterocycles. The van der Waals surface area contributed by atoms with Crippen LogP contribution in [0.25, 0.3) is 0 Å². The number of hydrogen-bond acceptors (Lipinski definition) is 4. The van der Waals surface area contributed by atoms with E-state index in [0.717, 1.165) is 22.9 Å². The minimum atomic E-state index is -0.130. The van der Waals surface area contributed by atoms with Crippen molar-refractivity contribution in [1.82, 2.24) is 4.98 Å². The highest BCUT2D eigenvalue weighted by molar-refractivity contribution is 9.10. The van der Waals surface area contributed by atoms with Crippen molar-refractivity contribution in [2.45, 2.75) is 25.2 Å². The molecule has 1 aromatic rings. The second-order valence-electron chi connectivity index (χ2n) is 3.88. The van der Waals surface area contributed by atoms with Gasteiger partial charge >= 0.3 is 0 Å². The number of ether oxygens (including phenoxy) is 2. The second kappa shape index (κ2) is 5.72. The van der Waals surface area contributed by atoms with E-state index in [1.807, 2.05) is 12.3 Å². The van der Waals surface area contributed by atoms with E-state index in [1.165, 1.54) is 0 Å². The van der Waals surface area contributed by atoms with Crippen LogP contribution in [-0.2, 0) is 15.9 Å². The van der Waals surface area contributed by atoms with Gasteiger partial charge in [-0.1, -0.05) is 0 Å². The molecule has 0 spiro atoms. The fourth-order valence-electron chi connectivity index (χ4n) is 1.74. The predicted octanol–water partition coefficient (Wildman–Crippen LogP) is 1.48. The predicted molar refractivity (Wildman–Crippen MR) is 63.9 cm³/mol. The molecule has 2 N–H and O–H groups in total. The lowest BCUT2D eigenvalue weighted by Gasteiger charge is -2.15.